The molecule has 0 aliphatic carbocycles. The molecule has 2 amide bonds. The molecule has 0 radical (unpaired) electrons. The van der Waals surface area contributed by atoms with Crippen molar-refractivity contribution in [1.29, 1.82) is 0 Å². The molecule has 0 saturated carbocycles. The summed E-state index contributed by atoms with van der Waals surface area (Å²) in [7, 11) is 0. The highest BCUT2D eigenvalue weighted by Gasteiger charge is 2.34. The molecule has 0 bridgehead atoms. The SMILES string of the molecule is CC(=O)CC[C@H]1CN(c2cc(F)c(N3CCON(C(=O)CNCCCF)CC3)c(F)c2)C(=O)O1. The lowest BCUT2D eigenvalue weighted by atomic mass is 10.1. The second-order valence-corrected chi connectivity index (χ2v) is 8.15. The minimum Gasteiger partial charge on any atom is -0.444 e. The van der Waals surface area contributed by atoms with Gasteiger partial charge in [-0.1, -0.05) is 0 Å². The Morgan fingerprint density at radius 2 is 1.91 bits per heavy atom. The number of ether oxygens (including phenoxy) is 1. The number of anilines is 2. The van der Waals surface area contributed by atoms with Crippen molar-refractivity contribution >= 4 is 29.2 Å². The van der Waals surface area contributed by atoms with Gasteiger partial charge in [-0.15, -0.1) is 0 Å². The summed E-state index contributed by atoms with van der Waals surface area (Å²) in [5.41, 5.74) is -0.250. The minimum absolute atomic E-state index is 0.0244. The second-order valence-electron chi connectivity index (χ2n) is 8.15. The number of nitrogens with zero attached hydrogens (tertiary/aromatic N) is 3. The molecule has 9 nitrogen and oxygen atoms in total. The highest BCUT2D eigenvalue weighted by molar-refractivity contribution is 5.90. The van der Waals surface area contributed by atoms with Crippen LogP contribution in [0.4, 0.5) is 29.3 Å². The van der Waals surface area contributed by atoms with E-state index in [2.05, 4.69) is 5.32 Å². The van der Waals surface area contributed by atoms with Gasteiger partial charge in [-0.2, -0.15) is 0 Å². The maximum absolute atomic E-state index is 15.0. The molecule has 1 aromatic rings. The molecule has 2 aliphatic heterocycles. The molecule has 1 aromatic carbocycles. The fourth-order valence-electron chi connectivity index (χ4n) is 3.80. The molecule has 0 spiro atoms. The number of ketones is 1. The molecule has 2 saturated heterocycles. The van der Waals surface area contributed by atoms with E-state index in [1.165, 1.54) is 11.8 Å². The van der Waals surface area contributed by atoms with Crippen LogP contribution < -0.4 is 15.1 Å². The van der Waals surface area contributed by atoms with Crippen molar-refractivity contribution in [2.75, 3.05) is 62.3 Å². The number of halogens is 3. The fourth-order valence-corrected chi connectivity index (χ4v) is 3.80. The second kappa shape index (κ2) is 12.0. The largest absolute Gasteiger partial charge is 0.444 e. The topological polar surface area (TPSA) is 91.4 Å². The van der Waals surface area contributed by atoms with Gasteiger partial charge >= 0.3 is 6.09 Å². The highest BCUT2D eigenvalue weighted by atomic mass is 19.1. The summed E-state index contributed by atoms with van der Waals surface area (Å²) >= 11 is 0. The number of carbonyl (C=O) groups is 3. The summed E-state index contributed by atoms with van der Waals surface area (Å²) in [4.78, 5) is 43.6. The summed E-state index contributed by atoms with van der Waals surface area (Å²) < 4.78 is 47.3. The van der Waals surface area contributed by atoms with Crippen LogP contribution in [0.2, 0.25) is 0 Å². The zero-order valence-electron chi connectivity index (χ0n) is 19.0. The molecule has 12 heteroatoms. The summed E-state index contributed by atoms with van der Waals surface area (Å²) in [5.74, 6) is -2.11. The van der Waals surface area contributed by atoms with E-state index >= 15 is 0 Å². The smallest absolute Gasteiger partial charge is 0.414 e. The number of amides is 2. The van der Waals surface area contributed by atoms with Crippen LogP contribution in [0.1, 0.15) is 26.2 Å². The lowest BCUT2D eigenvalue weighted by molar-refractivity contribution is -0.180. The van der Waals surface area contributed by atoms with Crippen molar-refractivity contribution in [2.45, 2.75) is 32.3 Å². The minimum atomic E-state index is -0.859. The number of Topliss-reactive ketones (excluding diaryl/α,β-unsaturated/α-hetero) is 1. The monoisotopic (exact) mass is 486 g/mol. The van der Waals surface area contributed by atoms with Gasteiger partial charge in [0.25, 0.3) is 5.91 Å². The number of nitrogens with one attached hydrogen (secondary N) is 1. The summed E-state index contributed by atoms with van der Waals surface area (Å²) in [6.45, 7) is 1.77. The molecule has 2 aliphatic rings. The first kappa shape index (κ1) is 25.8. The summed E-state index contributed by atoms with van der Waals surface area (Å²) in [5, 5.41) is 3.95. The molecular weight excluding hydrogens is 457 g/mol. The van der Waals surface area contributed by atoms with E-state index in [-0.39, 0.29) is 68.8 Å². The van der Waals surface area contributed by atoms with Crippen LogP contribution >= 0.6 is 0 Å². The predicted molar refractivity (Wildman–Crippen MR) is 117 cm³/mol. The molecule has 2 heterocycles. The number of benzene rings is 1. The molecule has 0 unspecified atom stereocenters. The zero-order valence-corrected chi connectivity index (χ0v) is 19.0. The third-order valence-corrected chi connectivity index (χ3v) is 5.54. The maximum Gasteiger partial charge on any atom is 0.414 e. The molecule has 3 rings (SSSR count). The van der Waals surface area contributed by atoms with Gasteiger partial charge in [0.15, 0.2) is 11.6 Å². The highest BCUT2D eigenvalue weighted by Crippen LogP contribution is 2.32. The fraction of sp³-hybridized carbons (Fsp3) is 0.591. The van der Waals surface area contributed by atoms with E-state index < -0.39 is 30.5 Å². The Balaban J connectivity index is 1.63. The van der Waals surface area contributed by atoms with Crippen LogP contribution in [0.15, 0.2) is 12.1 Å². The Morgan fingerprint density at radius 1 is 1.18 bits per heavy atom. The van der Waals surface area contributed by atoms with Crippen molar-refractivity contribution in [1.82, 2.24) is 10.4 Å². The van der Waals surface area contributed by atoms with Gasteiger partial charge in [0.2, 0.25) is 0 Å². The first-order valence-electron chi connectivity index (χ1n) is 11.2. The Morgan fingerprint density at radius 3 is 2.59 bits per heavy atom. The maximum atomic E-state index is 15.0. The number of rotatable bonds is 10. The van der Waals surface area contributed by atoms with Gasteiger partial charge in [0.05, 0.1) is 38.6 Å². The number of hydroxylamine groups is 2. The van der Waals surface area contributed by atoms with Gasteiger partial charge in [-0.3, -0.25) is 18.9 Å². The van der Waals surface area contributed by atoms with Gasteiger partial charge < -0.3 is 19.7 Å². The van der Waals surface area contributed by atoms with Crippen molar-refractivity contribution in [2.24, 2.45) is 0 Å². The van der Waals surface area contributed by atoms with E-state index in [9.17, 15) is 27.6 Å². The standard InChI is InChI=1S/C22H29F3N4O5/c1-15(30)3-4-17-14-28(22(32)34-17)16-11-18(24)21(19(25)12-16)27-7-8-29(33-10-9-27)20(31)13-26-6-2-5-23/h11-12,17,26H,2-10,13-14H2,1H3/t17-/m0/s1. The molecule has 0 aromatic heterocycles. The number of hydrogen-bond donors (Lipinski definition) is 1. The Hall–Kier alpha value is -2.86. The van der Waals surface area contributed by atoms with Crippen LogP contribution in [0.5, 0.6) is 0 Å². The van der Waals surface area contributed by atoms with Crippen LogP contribution in [-0.4, -0.2) is 81.5 Å². The normalized spacial score (nSPS) is 18.8. The van der Waals surface area contributed by atoms with Crippen LogP contribution in [-0.2, 0) is 19.2 Å². The van der Waals surface area contributed by atoms with E-state index in [0.29, 0.717) is 19.4 Å². The van der Waals surface area contributed by atoms with Gasteiger partial charge in [0, 0.05) is 31.6 Å². The van der Waals surface area contributed by atoms with E-state index in [1.54, 1.807) is 0 Å². The molecule has 1 N–H and O–H groups in total. The lowest BCUT2D eigenvalue weighted by Gasteiger charge is -2.24. The average molecular weight is 486 g/mol. The number of hydrogen-bond acceptors (Lipinski definition) is 7. The first-order valence-corrected chi connectivity index (χ1v) is 11.2. The third kappa shape index (κ3) is 6.60. The van der Waals surface area contributed by atoms with E-state index in [0.717, 1.165) is 22.1 Å². The van der Waals surface area contributed by atoms with E-state index in [4.69, 9.17) is 9.57 Å². The van der Waals surface area contributed by atoms with Gasteiger partial charge in [0.1, 0.15) is 17.6 Å². The van der Waals surface area contributed by atoms with Crippen molar-refractivity contribution in [3.63, 3.8) is 0 Å². The lowest BCUT2D eigenvalue weighted by Crippen LogP contribution is -2.40. The van der Waals surface area contributed by atoms with Gasteiger partial charge in [-0.25, -0.2) is 18.6 Å². The third-order valence-electron chi connectivity index (χ3n) is 5.54. The average Bonchev–Trinajstić information content (AvgIpc) is 2.99. The molecule has 34 heavy (non-hydrogen) atoms. The van der Waals surface area contributed by atoms with Crippen molar-refractivity contribution in [3.8, 4) is 0 Å². The predicted octanol–water partition coefficient (Wildman–Crippen LogP) is 2.19. The zero-order chi connectivity index (χ0) is 24.7. The Labute approximate surface area is 195 Å². The van der Waals surface area contributed by atoms with E-state index in [1.807, 2.05) is 0 Å². The van der Waals surface area contributed by atoms with Crippen molar-refractivity contribution < 1.29 is 37.1 Å². The molecule has 188 valence electrons. The van der Waals surface area contributed by atoms with Crippen molar-refractivity contribution in [3.05, 3.63) is 23.8 Å². The Kier molecular flexibility index (Phi) is 9.11. The quantitative estimate of drug-likeness (QED) is 0.507. The molecular formula is C22H29F3N4O5. The van der Waals surface area contributed by atoms with Crippen LogP contribution in [0, 0.1) is 11.6 Å². The number of cyclic esters (lactones) is 1. The van der Waals surface area contributed by atoms with Crippen LogP contribution in [0.25, 0.3) is 0 Å². The van der Waals surface area contributed by atoms with Gasteiger partial charge in [-0.05, 0) is 26.3 Å². The molecule has 2 fully saturated rings. The number of alkyl halides is 1. The number of carbonyl (C=O) groups excluding carboxylic acids is 3. The first-order chi connectivity index (χ1) is 16.3. The summed E-state index contributed by atoms with van der Waals surface area (Å²) in [6.07, 6.45) is -0.366. The molecule has 1 atom stereocenters. The summed E-state index contributed by atoms with van der Waals surface area (Å²) in [6, 6.07) is 2.13. The van der Waals surface area contributed by atoms with Crippen LogP contribution in [0.3, 0.4) is 0 Å². The Bertz CT molecular complexity index is 880.